The van der Waals surface area contributed by atoms with Gasteiger partial charge in [0.25, 0.3) is 0 Å². The molecule has 0 aliphatic rings. The van der Waals surface area contributed by atoms with Gasteiger partial charge < -0.3 is 5.72 Å². The fourth-order valence-electron chi connectivity index (χ4n) is 1.07. The fraction of sp³-hybridized carbons (Fsp3) is 1.00. The highest BCUT2D eigenvalue weighted by molar-refractivity contribution is 4.44. The lowest BCUT2D eigenvalue weighted by atomic mass is 10.1. The van der Waals surface area contributed by atoms with Gasteiger partial charge in [0.15, 0.2) is 0 Å². The third-order valence-electron chi connectivity index (χ3n) is 1.76. The topological polar surface area (TPSA) is 26.0 Å². The summed E-state index contributed by atoms with van der Waals surface area (Å²) in [4.78, 5) is 0. The molecule has 0 aromatic carbocycles. The van der Waals surface area contributed by atoms with Crippen molar-refractivity contribution in [2.45, 2.75) is 51.9 Å². The molecule has 0 aromatic heterocycles. The van der Waals surface area contributed by atoms with Gasteiger partial charge >= 0.3 is 0 Å². The summed E-state index contributed by atoms with van der Waals surface area (Å²) in [7, 11) is 0. The summed E-state index contributed by atoms with van der Waals surface area (Å²) in [5.41, 5.74) is 0.770. The van der Waals surface area contributed by atoms with Gasteiger partial charge in [-0.15, -0.1) is 0 Å². The zero-order valence-corrected chi connectivity index (χ0v) is 7.10. The molecule has 0 saturated heterocycles. The number of hydrogen-bond acceptors (Lipinski definition) is 1. The van der Waals surface area contributed by atoms with Crippen molar-refractivity contribution in [3.8, 4) is 0 Å². The van der Waals surface area contributed by atoms with E-state index in [1.54, 1.807) is 0 Å². The number of hydrogen-bond donors (Lipinski definition) is 1. The number of nitrogens with two attached hydrogens (primary N) is 1. The average Bonchev–Trinajstić information content (AvgIpc) is 2.02. The average molecular weight is 145 g/mol. The smallest absolute Gasteiger partial charge is 0.118 e. The van der Waals surface area contributed by atoms with Crippen LogP contribution in [0.15, 0.2) is 0 Å². The maximum Gasteiger partial charge on any atom is 0.118 e. The molecule has 0 aliphatic carbocycles. The van der Waals surface area contributed by atoms with Crippen molar-refractivity contribution in [3.63, 3.8) is 0 Å². The molecule has 0 bridgehead atoms. The summed E-state index contributed by atoms with van der Waals surface area (Å²) < 4.78 is 13.6. The van der Waals surface area contributed by atoms with Crippen molar-refractivity contribution < 1.29 is 2.82 Å². The van der Waals surface area contributed by atoms with Crippen LogP contribution in [0.5, 0.6) is 0 Å². The Kier molecular flexibility index (Phi) is 5.96. The number of rotatable bonds is 8. The predicted molar refractivity (Wildman–Crippen MR) is 47.0 cm³/mol. The summed E-state index contributed by atoms with van der Waals surface area (Å²) in [5, 5.41) is 0. The standard InChI is InChI=1S/C9H21N/c1-2-3-4-5-6-7-8-9-10/h2-10H2,1H3/i/hD2. The van der Waals surface area contributed by atoms with E-state index in [1.165, 1.54) is 38.5 Å². The normalized spacial score (nSPS) is 13.4. The molecule has 0 fully saturated rings. The first-order valence-electron chi connectivity index (χ1n) is 5.42. The zero-order valence-electron chi connectivity index (χ0n) is 9.10. The third kappa shape index (κ3) is 7.96. The molecule has 0 radical (unpaired) electrons. The summed E-state index contributed by atoms with van der Waals surface area (Å²) in [6, 6.07) is 0. The minimum Gasteiger partial charge on any atom is -0.330 e. The van der Waals surface area contributed by atoms with Crippen molar-refractivity contribution in [2.75, 3.05) is 6.54 Å². The summed E-state index contributed by atoms with van der Waals surface area (Å²) >= 11 is 0. The first-order valence-corrected chi connectivity index (χ1v) is 4.52. The zero-order chi connectivity index (χ0) is 9.23. The Morgan fingerprint density at radius 3 is 2.20 bits per heavy atom. The van der Waals surface area contributed by atoms with Gasteiger partial charge in [0.2, 0.25) is 0 Å². The molecule has 0 saturated carbocycles. The molecule has 0 spiro atoms. The van der Waals surface area contributed by atoms with Crippen LogP contribution in [0.3, 0.4) is 0 Å². The van der Waals surface area contributed by atoms with E-state index in [0.29, 0.717) is 6.54 Å². The summed E-state index contributed by atoms with van der Waals surface area (Å²) in [6.45, 7) is 2.81. The van der Waals surface area contributed by atoms with E-state index in [9.17, 15) is 0 Å². The summed E-state index contributed by atoms with van der Waals surface area (Å²) in [6.07, 6.45) is 8.77. The van der Waals surface area contributed by atoms with Crippen LogP contribution in [0.4, 0.5) is 0 Å². The maximum atomic E-state index is 6.82. The summed E-state index contributed by atoms with van der Waals surface area (Å²) in [5.74, 6) is 0. The molecular weight excluding hydrogens is 122 g/mol. The van der Waals surface area contributed by atoms with Gasteiger partial charge in [-0.05, 0) is 13.0 Å². The van der Waals surface area contributed by atoms with E-state index < -0.39 is 0 Å². The fourth-order valence-corrected chi connectivity index (χ4v) is 1.07. The van der Waals surface area contributed by atoms with Crippen LogP contribution in [0.25, 0.3) is 0 Å². The van der Waals surface area contributed by atoms with Crippen LogP contribution in [0.2, 0.25) is 2.82 Å². The van der Waals surface area contributed by atoms with Gasteiger partial charge in [0.1, 0.15) is 2.82 Å². The molecule has 10 heavy (non-hydrogen) atoms. The van der Waals surface area contributed by atoms with Crippen molar-refractivity contribution in [1.82, 2.24) is 0 Å². The van der Waals surface area contributed by atoms with Gasteiger partial charge in [-0.3, -0.25) is 0 Å². The largest absolute Gasteiger partial charge is 0.330 e. The third-order valence-corrected chi connectivity index (χ3v) is 1.76. The molecule has 1 heteroatoms. The quantitative estimate of drug-likeness (QED) is 0.522. The van der Waals surface area contributed by atoms with Crippen LogP contribution in [0, 0.1) is 0 Å². The Bertz CT molecular complexity index is 86.6. The van der Waals surface area contributed by atoms with Crippen molar-refractivity contribution in [1.29, 1.82) is 0 Å². The SMILES string of the molecule is [2H]N([2H])CCCCCCCCC. The van der Waals surface area contributed by atoms with Crippen molar-refractivity contribution in [3.05, 3.63) is 0 Å². The van der Waals surface area contributed by atoms with Crippen LogP contribution in [-0.2, 0) is 0 Å². The van der Waals surface area contributed by atoms with E-state index in [1.807, 2.05) is 0 Å². The Hall–Kier alpha value is -0.0400. The van der Waals surface area contributed by atoms with Crippen LogP contribution in [-0.4, -0.2) is 6.54 Å². The molecule has 0 amide bonds. The maximum absolute atomic E-state index is 6.82. The highest BCUT2D eigenvalue weighted by atomic mass is 14.5. The lowest BCUT2D eigenvalue weighted by Gasteiger charge is -1.97. The van der Waals surface area contributed by atoms with Crippen molar-refractivity contribution >= 4 is 0 Å². The first-order chi connectivity index (χ1) is 5.77. The van der Waals surface area contributed by atoms with Crippen LogP contribution in [0.1, 0.15) is 51.9 Å². The van der Waals surface area contributed by atoms with E-state index in [2.05, 4.69) is 6.92 Å². The molecule has 62 valence electrons. The molecule has 0 aromatic rings. The Balaban J connectivity index is 2.82. The Morgan fingerprint density at radius 1 is 1.00 bits per heavy atom. The molecule has 2 N–H and O–H groups in total. The highest BCUT2D eigenvalue weighted by Crippen LogP contribution is 2.05. The lowest BCUT2D eigenvalue weighted by molar-refractivity contribution is 0.593. The molecule has 0 heterocycles. The predicted octanol–water partition coefficient (Wildman–Crippen LogP) is 2.70. The molecule has 0 rings (SSSR count). The Labute approximate surface area is 67.9 Å². The first kappa shape index (κ1) is 6.66. The minimum atomic E-state index is 0.591. The van der Waals surface area contributed by atoms with Gasteiger partial charge in [-0.1, -0.05) is 45.4 Å². The van der Waals surface area contributed by atoms with Crippen molar-refractivity contribution in [2.24, 2.45) is 5.72 Å². The van der Waals surface area contributed by atoms with E-state index in [0.717, 1.165) is 12.1 Å². The lowest BCUT2D eigenvalue weighted by Crippen LogP contribution is -1.97. The molecule has 0 aliphatic heterocycles. The van der Waals surface area contributed by atoms with E-state index >= 15 is 0 Å². The van der Waals surface area contributed by atoms with E-state index in [4.69, 9.17) is 2.82 Å². The highest BCUT2D eigenvalue weighted by Gasteiger charge is 1.87. The van der Waals surface area contributed by atoms with Gasteiger partial charge in [0, 0.05) is 0 Å². The van der Waals surface area contributed by atoms with Crippen LogP contribution >= 0.6 is 0 Å². The minimum absolute atomic E-state index is 0.591. The van der Waals surface area contributed by atoms with Gasteiger partial charge in [0.05, 0.1) is 0 Å². The number of unbranched alkanes of at least 4 members (excludes halogenated alkanes) is 6. The van der Waals surface area contributed by atoms with E-state index in [-0.39, 0.29) is 0 Å². The van der Waals surface area contributed by atoms with Crippen LogP contribution < -0.4 is 5.72 Å². The monoisotopic (exact) mass is 145 g/mol. The van der Waals surface area contributed by atoms with Gasteiger partial charge in [-0.2, -0.15) is 0 Å². The molecule has 0 atom stereocenters. The molecule has 0 unspecified atom stereocenters. The second kappa shape index (κ2) is 8.96. The second-order valence-electron chi connectivity index (χ2n) is 2.84. The van der Waals surface area contributed by atoms with Gasteiger partial charge in [-0.25, -0.2) is 0 Å². The second-order valence-corrected chi connectivity index (χ2v) is 2.84. The Morgan fingerprint density at radius 2 is 1.60 bits per heavy atom. The molecular formula is C9H21N. The molecule has 1 nitrogen and oxygen atoms in total.